The summed E-state index contributed by atoms with van der Waals surface area (Å²) in [7, 11) is 0. The van der Waals surface area contributed by atoms with Crippen LogP contribution in [-0.2, 0) is 4.79 Å². The second kappa shape index (κ2) is 6.87. The van der Waals surface area contributed by atoms with E-state index in [0.717, 1.165) is 22.6 Å². The number of nitrogens with zero attached hydrogens (tertiary/aromatic N) is 3. The normalized spacial score (nSPS) is 10.7. The number of anilines is 3. The number of hydrogen-bond donors (Lipinski definition) is 2. The Hall–Kier alpha value is -3.74. The zero-order chi connectivity index (χ0) is 18.8. The molecule has 0 aliphatic carbocycles. The molecule has 27 heavy (non-hydrogen) atoms. The first-order chi connectivity index (χ1) is 13.1. The Morgan fingerprint density at radius 1 is 1.00 bits per heavy atom. The predicted octanol–water partition coefficient (Wildman–Crippen LogP) is 4.24. The van der Waals surface area contributed by atoms with Gasteiger partial charge < -0.3 is 10.6 Å². The van der Waals surface area contributed by atoms with E-state index in [9.17, 15) is 9.18 Å². The first-order valence-electron chi connectivity index (χ1n) is 8.33. The van der Waals surface area contributed by atoms with Crippen LogP contribution in [0, 0.1) is 5.82 Å². The number of amides is 1. The fraction of sp³-hybridized carbons (Fsp3) is 0.0500. The van der Waals surface area contributed by atoms with Crippen molar-refractivity contribution in [3.05, 3.63) is 72.9 Å². The van der Waals surface area contributed by atoms with E-state index in [1.165, 1.54) is 19.1 Å². The molecule has 2 aromatic carbocycles. The first-order valence-corrected chi connectivity index (χ1v) is 8.33. The maximum absolute atomic E-state index is 13.2. The molecule has 2 N–H and O–H groups in total. The number of imidazole rings is 1. The lowest BCUT2D eigenvalue weighted by molar-refractivity contribution is -0.114. The van der Waals surface area contributed by atoms with Crippen molar-refractivity contribution in [1.82, 2.24) is 14.4 Å². The van der Waals surface area contributed by atoms with Crippen molar-refractivity contribution in [3.63, 3.8) is 0 Å². The zero-order valence-corrected chi connectivity index (χ0v) is 14.5. The Morgan fingerprint density at radius 2 is 1.70 bits per heavy atom. The van der Waals surface area contributed by atoms with E-state index in [1.54, 1.807) is 36.7 Å². The molecule has 0 bridgehead atoms. The van der Waals surface area contributed by atoms with Crippen molar-refractivity contribution in [2.75, 3.05) is 10.6 Å². The molecule has 0 spiro atoms. The van der Waals surface area contributed by atoms with Crippen molar-refractivity contribution < 1.29 is 9.18 Å². The number of rotatable bonds is 4. The average molecular weight is 361 g/mol. The van der Waals surface area contributed by atoms with E-state index in [2.05, 4.69) is 20.6 Å². The maximum atomic E-state index is 13.2. The van der Waals surface area contributed by atoms with Crippen LogP contribution in [0.2, 0.25) is 0 Å². The highest BCUT2D eigenvalue weighted by Gasteiger charge is 2.10. The van der Waals surface area contributed by atoms with Gasteiger partial charge >= 0.3 is 0 Å². The van der Waals surface area contributed by atoms with Gasteiger partial charge in [-0.05, 0) is 48.5 Å². The van der Waals surface area contributed by atoms with E-state index in [4.69, 9.17) is 0 Å². The highest BCUT2D eigenvalue weighted by Crippen LogP contribution is 2.25. The summed E-state index contributed by atoms with van der Waals surface area (Å²) in [5, 5.41) is 5.96. The molecule has 1 amide bonds. The summed E-state index contributed by atoms with van der Waals surface area (Å²) in [6.07, 6.45) is 5.22. The molecule has 0 atom stereocenters. The van der Waals surface area contributed by atoms with Crippen molar-refractivity contribution >= 4 is 28.7 Å². The monoisotopic (exact) mass is 361 g/mol. The van der Waals surface area contributed by atoms with Gasteiger partial charge in [-0.3, -0.25) is 9.20 Å². The quantitative estimate of drug-likeness (QED) is 0.570. The molecule has 0 aliphatic rings. The van der Waals surface area contributed by atoms with Crippen LogP contribution in [0.3, 0.4) is 0 Å². The van der Waals surface area contributed by atoms with Crippen LogP contribution in [0.25, 0.3) is 16.9 Å². The minimum atomic E-state index is -0.278. The zero-order valence-electron chi connectivity index (χ0n) is 14.5. The molecule has 7 heteroatoms. The first kappa shape index (κ1) is 16.7. The number of carbonyl (C=O) groups is 1. The topological polar surface area (TPSA) is 71.3 Å². The number of halogens is 1. The molecular formula is C20H16FN5O. The van der Waals surface area contributed by atoms with Crippen LogP contribution in [-0.4, -0.2) is 20.3 Å². The Kier molecular flexibility index (Phi) is 4.25. The highest BCUT2D eigenvalue weighted by molar-refractivity contribution is 5.89. The molecule has 0 saturated carbocycles. The fourth-order valence-corrected chi connectivity index (χ4v) is 2.82. The third-order valence-electron chi connectivity index (χ3n) is 4.04. The molecule has 0 unspecified atom stereocenters. The smallest absolute Gasteiger partial charge is 0.221 e. The van der Waals surface area contributed by atoms with Gasteiger partial charge in [-0.25, -0.2) is 14.4 Å². The second-order valence-corrected chi connectivity index (χ2v) is 6.00. The summed E-state index contributed by atoms with van der Waals surface area (Å²) in [6, 6.07) is 13.6. The summed E-state index contributed by atoms with van der Waals surface area (Å²) in [4.78, 5) is 19.9. The number of benzene rings is 2. The summed E-state index contributed by atoms with van der Waals surface area (Å²) in [5.74, 6) is 0.199. The van der Waals surface area contributed by atoms with E-state index in [1.807, 2.05) is 22.7 Å². The molecule has 2 heterocycles. The molecule has 134 valence electrons. The van der Waals surface area contributed by atoms with Crippen molar-refractivity contribution in [2.24, 2.45) is 0 Å². The van der Waals surface area contributed by atoms with Gasteiger partial charge in [0, 0.05) is 36.3 Å². The molecule has 4 rings (SSSR count). The minimum Gasteiger partial charge on any atom is -0.337 e. The summed E-state index contributed by atoms with van der Waals surface area (Å²) in [5.41, 5.74) is 3.90. The van der Waals surface area contributed by atoms with Crippen LogP contribution < -0.4 is 10.6 Å². The minimum absolute atomic E-state index is 0.118. The lowest BCUT2D eigenvalue weighted by atomic mass is 10.2. The lowest BCUT2D eigenvalue weighted by Gasteiger charge is -2.09. The lowest BCUT2D eigenvalue weighted by Crippen LogP contribution is -2.05. The number of nitrogens with one attached hydrogen (secondary N) is 2. The number of hydrogen-bond acceptors (Lipinski definition) is 4. The Labute approximate surface area is 154 Å². The largest absolute Gasteiger partial charge is 0.337 e. The molecule has 4 aromatic rings. The maximum Gasteiger partial charge on any atom is 0.221 e. The van der Waals surface area contributed by atoms with Gasteiger partial charge in [-0.2, -0.15) is 0 Å². The molecule has 0 aliphatic heterocycles. The molecule has 0 fully saturated rings. The van der Waals surface area contributed by atoms with Gasteiger partial charge in [0.25, 0.3) is 0 Å². The number of aromatic nitrogens is 3. The van der Waals surface area contributed by atoms with E-state index in [-0.39, 0.29) is 11.7 Å². The van der Waals surface area contributed by atoms with Crippen LogP contribution >= 0.6 is 0 Å². The molecule has 2 aromatic heterocycles. The van der Waals surface area contributed by atoms with Crippen LogP contribution in [0.15, 0.2) is 67.1 Å². The summed E-state index contributed by atoms with van der Waals surface area (Å²) >= 11 is 0. The van der Waals surface area contributed by atoms with Crippen LogP contribution in [0.5, 0.6) is 0 Å². The van der Waals surface area contributed by atoms with Crippen molar-refractivity contribution in [3.8, 4) is 11.3 Å². The van der Waals surface area contributed by atoms with Gasteiger partial charge in [-0.1, -0.05) is 0 Å². The SMILES string of the molecule is CC(=O)Nc1ccc(Nc2nccn3c(-c4ccc(F)cc4)cnc23)cc1. The number of carbonyl (C=O) groups excluding carboxylic acids is 1. The fourth-order valence-electron chi connectivity index (χ4n) is 2.82. The summed E-state index contributed by atoms with van der Waals surface area (Å²) < 4.78 is 15.1. The van der Waals surface area contributed by atoms with Gasteiger partial charge in [-0.15, -0.1) is 0 Å². The third kappa shape index (κ3) is 3.48. The summed E-state index contributed by atoms with van der Waals surface area (Å²) in [6.45, 7) is 1.47. The van der Waals surface area contributed by atoms with Crippen LogP contribution in [0.4, 0.5) is 21.6 Å². The van der Waals surface area contributed by atoms with Gasteiger partial charge in [0.1, 0.15) is 5.82 Å². The Bertz CT molecular complexity index is 1100. The van der Waals surface area contributed by atoms with Crippen molar-refractivity contribution in [1.29, 1.82) is 0 Å². The molecule has 6 nitrogen and oxygen atoms in total. The standard InChI is InChI=1S/C20H16FN5O/c1-13(27)24-16-6-8-17(9-7-16)25-19-20-23-12-18(26(20)11-10-22-19)14-2-4-15(21)5-3-14/h2-12H,1H3,(H,22,25)(H,24,27). The molecule has 0 radical (unpaired) electrons. The van der Waals surface area contributed by atoms with Gasteiger partial charge in [0.15, 0.2) is 11.5 Å². The van der Waals surface area contributed by atoms with Crippen LogP contribution in [0.1, 0.15) is 6.92 Å². The predicted molar refractivity (Wildman–Crippen MR) is 102 cm³/mol. The number of fused-ring (bicyclic) bond motifs is 1. The van der Waals surface area contributed by atoms with Gasteiger partial charge in [0.05, 0.1) is 11.9 Å². The van der Waals surface area contributed by atoms with Crippen molar-refractivity contribution in [2.45, 2.75) is 6.92 Å². The average Bonchev–Trinajstić information content (AvgIpc) is 3.09. The Morgan fingerprint density at radius 3 is 2.41 bits per heavy atom. The van der Waals surface area contributed by atoms with E-state index < -0.39 is 0 Å². The van der Waals surface area contributed by atoms with Gasteiger partial charge in [0.2, 0.25) is 5.91 Å². The Balaban J connectivity index is 1.65. The highest BCUT2D eigenvalue weighted by atomic mass is 19.1. The molecule has 0 saturated heterocycles. The molecular weight excluding hydrogens is 345 g/mol. The van der Waals surface area contributed by atoms with E-state index in [0.29, 0.717) is 11.5 Å². The second-order valence-electron chi connectivity index (χ2n) is 6.00. The third-order valence-corrected chi connectivity index (χ3v) is 4.04. The van der Waals surface area contributed by atoms with E-state index >= 15 is 0 Å².